The third-order valence-corrected chi connectivity index (χ3v) is 4.07. The highest BCUT2D eigenvalue weighted by Crippen LogP contribution is 2.52. The first-order chi connectivity index (χ1) is 9.54. The van der Waals surface area contributed by atoms with Crippen LogP contribution in [0, 0.1) is 11.6 Å². The van der Waals surface area contributed by atoms with Crippen LogP contribution in [-0.4, -0.2) is 37.4 Å². The van der Waals surface area contributed by atoms with Crippen molar-refractivity contribution in [3.05, 3.63) is 29.3 Å². The highest BCUT2D eigenvalue weighted by molar-refractivity contribution is 5.87. The van der Waals surface area contributed by atoms with Gasteiger partial charge in [0.2, 0.25) is 0 Å². The van der Waals surface area contributed by atoms with Crippen molar-refractivity contribution in [1.82, 2.24) is 0 Å². The first-order valence-corrected chi connectivity index (χ1v) is 6.60. The number of aliphatic carboxylic acids is 1. The molecule has 108 valence electrons. The average molecular weight is 283 g/mol. The molecule has 20 heavy (non-hydrogen) atoms. The lowest BCUT2D eigenvalue weighted by molar-refractivity contribution is -0.140. The summed E-state index contributed by atoms with van der Waals surface area (Å²) in [7, 11) is 0. The van der Waals surface area contributed by atoms with Crippen LogP contribution in [0.5, 0.6) is 0 Å². The third-order valence-electron chi connectivity index (χ3n) is 4.07. The molecule has 0 atom stereocenters. The Morgan fingerprint density at radius 1 is 1.20 bits per heavy atom. The molecule has 1 heterocycles. The van der Waals surface area contributed by atoms with E-state index in [0.717, 1.165) is 12.1 Å². The summed E-state index contributed by atoms with van der Waals surface area (Å²) in [6.45, 7) is 2.10. The van der Waals surface area contributed by atoms with Gasteiger partial charge in [0.15, 0.2) is 11.6 Å². The molecule has 1 saturated carbocycles. The summed E-state index contributed by atoms with van der Waals surface area (Å²) in [5.41, 5.74) is -0.194. The molecule has 1 N–H and O–H groups in total. The van der Waals surface area contributed by atoms with Crippen LogP contribution in [0.4, 0.5) is 14.5 Å². The zero-order valence-electron chi connectivity index (χ0n) is 10.9. The molecule has 1 saturated heterocycles. The molecule has 0 unspecified atom stereocenters. The van der Waals surface area contributed by atoms with Gasteiger partial charge in [-0.2, -0.15) is 0 Å². The SMILES string of the molecule is O=C(O)C1(c2cc(F)c(F)cc2N2CCOCC2)CC1. The largest absolute Gasteiger partial charge is 0.481 e. The number of hydrogen-bond donors (Lipinski definition) is 1. The minimum absolute atomic E-state index is 0.380. The topological polar surface area (TPSA) is 49.8 Å². The van der Waals surface area contributed by atoms with Crippen molar-refractivity contribution in [2.45, 2.75) is 18.3 Å². The number of halogens is 2. The van der Waals surface area contributed by atoms with Gasteiger partial charge in [-0.3, -0.25) is 4.79 Å². The molecule has 3 rings (SSSR count). The Morgan fingerprint density at radius 2 is 1.80 bits per heavy atom. The van der Waals surface area contributed by atoms with Crippen LogP contribution in [0.15, 0.2) is 12.1 Å². The van der Waals surface area contributed by atoms with E-state index < -0.39 is 23.0 Å². The van der Waals surface area contributed by atoms with Gasteiger partial charge in [0.05, 0.1) is 18.6 Å². The van der Waals surface area contributed by atoms with Crippen LogP contribution in [0.3, 0.4) is 0 Å². The number of carboxylic acids is 1. The van der Waals surface area contributed by atoms with E-state index in [1.807, 2.05) is 4.90 Å². The fraction of sp³-hybridized carbons (Fsp3) is 0.500. The van der Waals surface area contributed by atoms with Gasteiger partial charge in [0.1, 0.15) is 0 Å². The minimum Gasteiger partial charge on any atom is -0.481 e. The second kappa shape index (κ2) is 4.70. The zero-order valence-corrected chi connectivity index (χ0v) is 10.9. The van der Waals surface area contributed by atoms with E-state index in [1.165, 1.54) is 0 Å². The summed E-state index contributed by atoms with van der Waals surface area (Å²) in [6, 6.07) is 2.15. The number of hydrogen-bond acceptors (Lipinski definition) is 3. The summed E-state index contributed by atoms with van der Waals surface area (Å²) >= 11 is 0. The lowest BCUT2D eigenvalue weighted by Crippen LogP contribution is -2.38. The van der Waals surface area contributed by atoms with E-state index in [1.54, 1.807) is 0 Å². The molecule has 0 radical (unpaired) electrons. The monoisotopic (exact) mass is 283 g/mol. The van der Waals surface area contributed by atoms with E-state index in [2.05, 4.69) is 0 Å². The summed E-state index contributed by atoms with van der Waals surface area (Å²) < 4.78 is 32.3. The van der Waals surface area contributed by atoms with Gasteiger partial charge in [-0.25, -0.2) is 8.78 Å². The van der Waals surface area contributed by atoms with E-state index in [-0.39, 0.29) is 0 Å². The maximum Gasteiger partial charge on any atom is 0.314 e. The Bertz CT molecular complexity index is 552. The average Bonchev–Trinajstić information content (AvgIpc) is 3.24. The number of carboxylic acid groups (broad SMARTS) is 1. The van der Waals surface area contributed by atoms with Crippen molar-refractivity contribution in [2.24, 2.45) is 0 Å². The molecule has 1 aliphatic carbocycles. The van der Waals surface area contributed by atoms with E-state index in [4.69, 9.17) is 4.74 Å². The van der Waals surface area contributed by atoms with Crippen LogP contribution in [-0.2, 0) is 14.9 Å². The molecule has 0 spiro atoms. The van der Waals surface area contributed by atoms with Crippen molar-refractivity contribution in [3.63, 3.8) is 0 Å². The molecule has 6 heteroatoms. The molecule has 2 aliphatic rings. The minimum atomic E-state index is -1.05. The van der Waals surface area contributed by atoms with Gasteiger partial charge in [-0.1, -0.05) is 0 Å². The van der Waals surface area contributed by atoms with Gasteiger partial charge in [0, 0.05) is 24.8 Å². The number of ether oxygens (including phenoxy) is 1. The lowest BCUT2D eigenvalue weighted by Gasteiger charge is -2.32. The van der Waals surface area contributed by atoms with Crippen molar-refractivity contribution >= 4 is 11.7 Å². The van der Waals surface area contributed by atoms with E-state index in [9.17, 15) is 18.7 Å². The van der Waals surface area contributed by atoms with Crippen LogP contribution in [0.2, 0.25) is 0 Å². The molecule has 1 aliphatic heterocycles. The molecule has 1 aromatic rings. The normalized spacial score (nSPS) is 20.8. The summed E-state index contributed by atoms with van der Waals surface area (Å²) in [6.07, 6.45) is 0.926. The first kappa shape index (κ1) is 13.3. The van der Waals surface area contributed by atoms with Gasteiger partial charge in [0.25, 0.3) is 0 Å². The van der Waals surface area contributed by atoms with E-state index in [0.29, 0.717) is 50.4 Å². The number of benzene rings is 1. The van der Waals surface area contributed by atoms with Crippen molar-refractivity contribution in [3.8, 4) is 0 Å². The summed E-state index contributed by atoms with van der Waals surface area (Å²) in [5, 5.41) is 9.38. The van der Waals surface area contributed by atoms with Crippen LogP contribution >= 0.6 is 0 Å². The van der Waals surface area contributed by atoms with Crippen LogP contribution in [0.25, 0.3) is 0 Å². The number of morpholine rings is 1. The lowest BCUT2D eigenvalue weighted by atomic mass is 9.93. The Morgan fingerprint density at radius 3 is 2.35 bits per heavy atom. The Kier molecular flexibility index (Phi) is 3.12. The summed E-state index contributed by atoms with van der Waals surface area (Å²) in [5.74, 6) is -2.92. The maximum atomic E-state index is 13.5. The Labute approximate surface area is 114 Å². The standard InChI is InChI=1S/C14H15F2NO3/c15-10-7-9(14(1-2-14)13(18)19)12(8-11(10)16)17-3-5-20-6-4-17/h7-8H,1-6H2,(H,18,19). The third kappa shape index (κ3) is 2.04. The predicted molar refractivity (Wildman–Crippen MR) is 67.9 cm³/mol. The first-order valence-electron chi connectivity index (χ1n) is 6.60. The van der Waals surface area contributed by atoms with Crippen molar-refractivity contribution < 1.29 is 23.4 Å². The summed E-state index contributed by atoms with van der Waals surface area (Å²) in [4.78, 5) is 13.3. The second-order valence-corrected chi connectivity index (χ2v) is 5.27. The molecule has 0 amide bonds. The van der Waals surface area contributed by atoms with Crippen LogP contribution in [0.1, 0.15) is 18.4 Å². The molecule has 1 aromatic carbocycles. The highest BCUT2D eigenvalue weighted by Gasteiger charge is 2.53. The molecular formula is C14H15F2NO3. The quantitative estimate of drug-likeness (QED) is 0.920. The molecule has 4 nitrogen and oxygen atoms in total. The Balaban J connectivity index is 2.07. The van der Waals surface area contributed by atoms with Gasteiger partial charge in [-0.15, -0.1) is 0 Å². The van der Waals surface area contributed by atoms with Gasteiger partial charge in [-0.05, 0) is 24.5 Å². The number of rotatable bonds is 3. The predicted octanol–water partition coefficient (Wildman–Crippen LogP) is 1.92. The van der Waals surface area contributed by atoms with Crippen LogP contribution < -0.4 is 4.90 Å². The fourth-order valence-electron chi connectivity index (χ4n) is 2.71. The van der Waals surface area contributed by atoms with Crippen molar-refractivity contribution in [2.75, 3.05) is 31.2 Å². The molecule has 2 fully saturated rings. The fourth-order valence-corrected chi connectivity index (χ4v) is 2.71. The molecular weight excluding hydrogens is 268 g/mol. The van der Waals surface area contributed by atoms with Crippen molar-refractivity contribution in [1.29, 1.82) is 0 Å². The highest BCUT2D eigenvalue weighted by atomic mass is 19.2. The second-order valence-electron chi connectivity index (χ2n) is 5.27. The number of carbonyl (C=O) groups is 1. The zero-order chi connectivity index (χ0) is 14.3. The van der Waals surface area contributed by atoms with Gasteiger partial charge < -0.3 is 14.7 Å². The number of anilines is 1. The maximum absolute atomic E-state index is 13.5. The Hall–Kier alpha value is -1.69. The molecule has 0 bridgehead atoms. The van der Waals surface area contributed by atoms with E-state index >= 15 is 0 Å². The molecule has 0 aromatic heterocycles. The number of nitrogens with zero attached hydrogens (tertiary/aromatic N) is 1. The smallest absolute Gasteiger partial charge is 0.314 e. The van der Waals surface area contributed by atoms with Gasteiger partial charge >= 0.3 is 5.97 Å².